The van der Waals surface area contributed by atoms with Crippen LogP contribution in [0.1, 0.15) is 39.3 Å². The zero-order valence-corrected chi connectivity index (χ0v) is 22.6. The average molecular weight is 545 g/mol. The number of hydrogen-bond acceptors (Lipinski definition) is 9. The van der Waals surface area contributed by atoms with Crippen LogP contribution in [0.15, 0.2) is 30.5 Å². The number of piperidine rings is 1. The lowest BCUT2D eigenvalue weighted by molar-refractivity contribution is 0.0589. The van der Waals surface area contributed by atoms with E-state index in [4.69, 9.17) is 25.5 Å². The number of carbonyl (C=O) groups excluding carboxylic acids is 1. The highest BCUT2D eigenvalue weighted by molar-refractivity contribution is 6.16. The van der Waals surface area contributed by atoms with Crippen LogP contribution in [0.4, 0.5) is 20.7 Å². The van der Waals surface area contributed by atoms with E-state index in [1.54, 1.807) is 32.9 Å². The molecule has 206 valence electrons. The maximum atomic E-state index is 15.1. The summed E-state index contributed by atoms with van der Waals surface area (Å²) in [6.45, 7) is 6.02. The van der Waals surface area contributed by atoms with Gasteiger partial charge in [-0.25, -0.2) is 14.2 Å². The third kappa shape index (κ3) is 4.52. The number of anilines is 2. The molecule has 3 atom stereocenters. The normalized spacial score (nSPS) is 20.2. The van der Waals surface area contributed by atoms with E-state index < -0.39 is 17.5 Å². The number of nitrogens with zero attached hydrogens (tertiary/aromatic N) is 6. The Morgan fingerprint density at radius 1 is 1.27 bits per heavy atom. The largest absolute Gasteiger partial charge is 0.443 e. The van der Waals surface area contributed by atoms with Gasteiger partial charge in [-0.2, -0.15) is 15.2 Å². The van der Waals surface area contributed by atoms with Crippen LogP contribution in [0.3, 0.4) is 0 Å². The number of fused-ring (bicyclic) bond motifs is 5. The number of aromatic nitrogens is 4. The Morgan fingerprint density at radius 2 is 2.08 bits per heavy atom. The fourth-order valence-electron chi connectivity index (χ4n) is 5.62. The number of nitriles is 1. The van der Waals surface area contributed by atoms with Crippen LogP contribution < -0.4 is 20.3 Å². The van der Waals surface area contributed by atoms with Crippen LogP contribution in [0.2, 0.25) is 0 Å². The average Bonchev–Trinajstić information content (AvgIpc) is 3.59. The van der Waals surface area contributed by atoms with Crippen molar-refractivity contribution in [2.75, 3.05) is 23.4 Å². The van der Waals surface area contributed by atoms with E-state index in [-0.39, 0.29) is 23.8 Å². The molecule has 2 fully saturated rings. The molecule has 3 aromatic heterocycles. The molecule has 0 spiro atoms. The molecular formula is C28H29FN8O3. The van der Waals surface area contributed by atoms with Gasteiger partial charge in [-0.15, -0.1) is 0 Å². The number of hydrogen-bond donors (Lipinski definition) is 2. The molecule has 1 aromatic carbocycles. The molecule has 1 aliphatic heterocycles. The third-order valence-corrected chi connectivity index (χ3v) is 7.42. The first-order valence-corrected chi connectivity index (χ1v) is 13.1. The third-order valence-electron chi connectivity index (χ3n) is 7.42. The van der Waals surface area contributed by atoms with E-state index >= 15 is 4.39 Å². The number of nitrogens with one attached hydrogen (secondary N) is 1. The van der Waals surface area contributed by atoms with Gasteiger partial charge in [0.15, 0.2) is 0 Å². The van der Waals surface area contributed by atoms with Gasteiger partial charge in [0.25, 0.3) is 0 Å². The Hall–Kier alpha value is -4.50. The molecule has 1 saturated carbocycles. The number of carbonyl (C=O) groups is 1. The highest BCUT2D eigenvalue weighted by Crippen LogP contribution is 2.44. The van der Waals surface area contributed by atoms with Crippen LogP contribution in [-0.2, 0) is 4.74 Å². The SMILES string of the molecule is CN(C(=O)OC(C)(C)C)c1cc(F)cc2c1[nH]c1nc(Oc3ccc(C#N)nc3)nc(N3CC4CC3CC4N)c12. The summed E-state index contributed by atoms with van der Waals surface area (Å²) in [7, 11) is 1.54. The number of pyridine rings is 1. The van der Waals surface area contributed by atoms with E-state index in [2.05, 4.69) is 19.9 Å². The molecule has 11 nitrogen and oxygen atoms in total. The first-order chi connectivity index (χ1) is 19.0. The van der Waals surface area contributed by atoms with Crippen molar-refractivity contribution in [2.24, 2.45) is 11.7 Å². The number of benzene rings is 1. The lowest BCUT2D eigenvalue weighted by Gasteiger charge is -2.31. The Balaban J connectivity index is 1.50. The zero-order valence-electron chi connectivity index (χ0n) is 22.6. The van der Waals surface area contributed by atoms with Gasteiger partial charge < -0.3 is 25.1 Å². The topological polar surface area (TPSA) is 146 Å². The molecule has 4 aromatic rings. The second-order valence-corrected chi connectivity index (χ2v) is 11.4. The smallest absolute Gasteiger partial charge is 0.414 e. The molecule has 0 radical (unpaired) electrons. The van der Waals surface area contributed by atoms with Crippen molar-refractivity contribution in [1.29, 1.82) is 5.26 Å². The molecule has 1 amide bonds. The summed E-state index contributed by atoms with van der Waals surface area (Å²) in [5, 5.41) is 10.2. The van der Waals surface area contributed by atoms with Crippen LogP contribution >= 0.6 is 0 Å². The number of ether oxygens (including phenoxy) is 2. The Bertz CT molecular complexity index is 1670. The van der Waals surface area contributed by atoms with Crippen molar-refractivity contribution in [3.05, 3.63) is 42.0 Å². The van der Waals surface area contributed by atoms with Crippen molar-refractivity contribution < 1.29 is 18.7 Å². The molecule has 12 heteroatoms. The van der Waals surface area contributed by atoms with Crippen molar-refractivity contribution >= 4 is 39.5 Å². The maximum absolute atomic E-state index is 15.1. The number of aromatic amines is 1. The molecule has 2 aliphatic rings. The Labute approximate surface area is 229 Å². The Morgan fingerprint density at radius 3 is 2.70 bits per heavy atom. The van der Waals surface area contributed by atoms with Gasteiger partial charge in [0.2, 0.25) is 0 Å². The number of amides is 1. The van der Waals surface area contributed by atoms with E-state index in [1.165, 1.54) is 30.3 Å². The maximum Gasteiger partial charge on any atom is 0.414 e. The minimum absolute atomic E-state index is 0.0650. The minimum atomic E-state index is -0.723. The van der Waals surface area contributed by atoms with Crippen LogP contribution in [0.25, 0.3) is 21.9 Å². The van der Waals surface area contributed by atoms with Gasteiger partial charge in [0.1, 0.15) is 40.4 Å². The highest BCUT2D eigenvalue weighted by Gasteiger charge is 2.44. The lowest BCUT2D eigenvalue weighted by Crippen LogP contribution is -2.41. The zero-order chi connectivity index (χ0) is 28.3. The molecular weight excluding hydrogens is 515 g/mol. The Kier molecular flexibility index (Phi) is 5.99. The van der Waals surface area contributed by atoms with Gasteiger partial charge in [0.05, 0.1) is 22.8 Å². The highest BCUT2D eigenvalue weighted by atomic mass is 19.1. The van der Waals surface area contributed by atoms with Crippen molar-refractivity contribution in [3.8, 4) is 17.8 Å². The number of rotatable bonds is 4. The quantitative estimate of drug-likeness (QED) is 0.376. The van der Waals surface area contributed by atoms with E-state index in [0.717, 1.165) is 12.8 Å². The first kappa shape index (κ1) is 25.8. The summed E-state index contributed by atoms with van der Waals surface area (Å²) in [6.07, 6.45) is 2.59. The standard InChI is InChI=1S/C28H29FN8O3/c1-28(2,3)40-27(38)36(4)21-9-15(29)8-19-22-24(33-23(19)21)34-26(39-18-6-5-16(11-30)32-12-18)35-25(22)37-13-14-7-17(37)10-20(14)31/h5-6,8-9,12,14,17,20H,7,10,13,31H2,1-4H3,(H,33,34,35). The molecule has 3 unspecified atom stereocenters. The summed E-state index contributed by atoms with van der Waals surface area (Å²) in [5.41, 5.74) is 7.10. The lowest BCUT2D eigenvalue weighted by atomic mass is 10.0. The molecule has 1 aliphatic carbocycles. The number of halogens is 1. The summed E-state index contributed by atoms with van der Waals surface area (Å²) < 4.78 is 26.6. The predicted molar refractivity (Wildman–Crippen MR) is 147 cm³/mol. The van der Waals surface area contributed by atoms with Gasteiger partial charge in [-0.1, -0.05) is 0 Å². The minimum Gasteiger partial charge on any atom is -0.443 e. The van der Waals surface area contributed by atoms with Gasteiger partial charge >= 0.3 is 12.1 Å². The fourth-order valence-corrected chi connectivity index (χ4v) is 5.62. The van der Waals surface area contributed by atoms with Gasteiger partial charge in [-0.05, 0) is 63.8 Å². The number of nitrogens with two attached hydrogens (primary N) is 1. The fraction of sp³-hybridized carbons (Fsp3) is 0.393. The summed E-state index contributed by atoms with van der Waals surface area (Å²) in [4.78, 5) is 33.1. The molecule has 4 heterocycles. The molecule has 2 bridgehead atoms. The van der Waals surface area contributed by atoms with Crippen molar-refractivity contribution in [2.45, 2.75) is 51.3 Å². The summed E-state index contributed by atoms with van der Waals surface area (Å²) in [5.74, 6) is 0.780. The monoisotopic (exact) mass is 544 g/mol. The van der Waals surface area contributed by atoms with Crippen LogP contribution in [0, 0.1) is 23.1 Å². The summed E-state index contributed by atoms with van der Waals surface area (Å²) in [6, 6.07) is 8.21. The number of H-pyrrole nitrogens is 1. The second-order valence-electron chi connectivity index (χ2n) is 11.4. The molecule has 3 N–H and O–H groups in total. The first-order valence-electron chi connectivity index (χ1n) is 13.1. The van der Waals surface area contributed by atoms with Crippen molar-refractivity contribution in [3.63, 3.8) is 0 Å². The van der Waals surface area contributed by atoms with E-state index in [9.17, 15) is 4.79 Å². The molecule has 1 saturated heterocycles. The molecule has 6 rings (SSSR count). The van der Waals surface area contributed by atoms with Gasteiger partial charge in [0, 0.05) is 31.1 Å². The van der Waals surface area contributed by atoms with E-state index in [0.29, 0.717) is 51.7 Å². The predicted octanol–water partition coefficient (Wildman–Crippen LogP) is 4.61. The molecule has 40 heavy (non-hydrogen) atoms. The second kappa shape index (κ2) is 9.31. The van der Waals surface area contributed by atoms with Crippen molar-refractivity contribution in [1.82, 2.24) is 19.9 Å². The van der Waals surface area contributed by atoms with Gasteiger partial charge in [-0.3, -0.25) is 4.90 Å². The summed E-state index contributed by atoms with van der Waals surface area (Å²) >= 11 is 0. The van der Waals surface area contributed by atoms with Crippen LogP contribution in [-0.4, -0.2) is 57.3 Å². The van der Waals surface area contributed by atoms with Crippen LogP contribution in [0.5, 0.6) is 11.8 Å². The van der Waals surface area contributed by atoms with E-state index in [1.807, 2.05) is 6.07 Å².